The van der Waals surface area contributed by atoms with Crippen LogP contribution >= 0.6 is 0 Å². The van der Waals surface area contributed by atoms with Crippen molar-refractivity contribution >= 4 is 11.0 Å². The molecule has 6 nitrogen and oxygen atoms in total. The van der Waals surface area contributed by atoms with E-state index < -0.39 is 17.4 Å². The van der Waals surface area contributed by atoms with Gasteiger partial charge >= 0.3 is 5.69 Å². The molecule has 6 rings (SSSR count). The first-order chi connectivity index (χ1) is 17.5. The zero-order chi connectivity index (χ0) is 25.0. The molecule has 2 aromatic heterocycles. The number of aliphatic hydroxyl groups excluding tert-OH is 1. The summed E-state index contributed by atoms with van der Waals surface area (Å²) in [6, 6.07) is 26.1. The van der Waals surface area contributed by atoms with Crippen molar-refractivity contribution in [3.05, 3.63) is 122 Å². The molecule has 1 aliphatic carbocycles. The molecule has 178 valence electrons. The normalized spacial score (nSPS) is 14.1. The van der Waals surface area contributed by atoms with E-state index >= 15 is 0 Å². The number of hydrogen-bond acceptors (Lipinski definition) is 4. The molecular weight excluding hydrogens is 450 g/mol. The first kappa shape index (κ1) is 22.2. The van der Waals surface area contributed by atoms with Crippen LogP contribution in [0, 0.1) is 0 Å². The molecule has 0 radical (unpaired) electrons. The van der Waals surface area contributed by atoms with Crippen LogP contribution in [0.15, 0.2) is 88.5 Å². The van der Waals surface area contributed by atoms with Crippen LogP contribution in [-0.4, -0.2) is 19.2 Å². The molecule has 0 spiro atoms. The molecule has 1 aliphatic rings. The minimum atomic E-state index is -0.914. The summed E-state index contributed by atoms with van der Waals surface area (Å²) in [6.45, 7) is 0. The molecule has 1 N–H and O–H groups in total. The van der Waals surface area contributed by atoms with E-state index in [-0.39, 0.29) is 0 Å². The highest BCUT2D eigenvalue weighted by Gasteiger charge is 2.34. The number of aliphatic hydroxyl groups is 1. The highest BCUT2D eigenvalue weighted by molar-refractivity contribution is 5.99. The lowest BCUT2D eigenvalue weighted by molar-refractivity contribution is 0.225. The molecule has 3 aromatic carbocycles. The molecule has 0 fully saturated rings. The zero-order valence-corrected chi connectivity index (χ0v) is 20.1. The van der Waals surface area contributed by atoms with E-state index in [9.17, 15) is 14.7 Å². The lowest BCUT2D eigenvalue weighted by Crippen LogP contribution is -2.37. The van der Waals surface area contributed by atoms with Crippen molar-refractivity contribution in [2.45, 2.75) is 18.9 Å². The van der Waals surface area contributed by atoms with Crippen molar-refractivity contribution in [1.29, 1.82) is 0 Å². The van der Waals surface area contributed by atoms with E-state index in [4.69, 9.17) is 4.98 Å². The van der Waals surface area contributed by atoms with Crippen LogP contribution in [0.4, 0.5) is 0 Å². The minimum Gasteiger partial charge on any atom is -0.384 e. The Morgan fingerprint density at radius 1 is 0.806 bits per heavy atom. The fourth-order valence-electron chi connectivity index (χ4n) is 5.25. The van der Waals surface area contributed by atoms with Gasteiger partial charge in [-0.2, -0.15) is 0 Å². The molecule has 0 aliphatic heterocycles. The predicted molar refractivity (Wildman–Crippen MR) is 141 cm³/mol. The van der Waals surface area contributed by atoms with Gasteiger partial charge in [0.15, 0.2) is 5.65 Å². The van der Waals surface area contributed by atoms with Crippen molar-refractivity contribution in [3.63, 3.8) is 0 Å². The molecule has 1 atom stereocenters. The van der Waals surface area contributed by atoms with Crippen LogP contribution in [0.3, 0.4) is 0 Å². The number of aromatic nitrogens is 3. The van der Waals surface area contributed by atoms with Crippen LogP contribution in [0.1, 0.15) is 28.4 Å². The van der Waals surface area contributed by atoms with Gasteiger partial charge < -0.3 is 5.11 Å². The van der Waals surface area contributed by atoms with Gasteiger partial charge in [0.05, 0.1) is 11.1 Å². The molecule has 6 heteroatoms. The average molecular weight is 476 g/mol. The van der Waals surface area contributed by atoms with Gasteiger partial charge in [0, 0.05) is 30.8 Å². The largest absolute Gasteiger partial charge is 0.384 e. The third kappa shape index (κ3) is 3.33. The molecule has 0 unspecified atom stereocenters. The Balaban J connectivity index is 1.56. The molecule has 2 heterocycles. The lowest BCUT2D eigenvalue weighted by Gasteiger charge is -2.17. The quantitative estimate of drug-likeness (QED) is 0.424. The topological polar surface area (TPSA) is 77.1 Å². The molecule has 0 bridgehead atoms. The van der Waals surface area contributed by atoms with Crippen LogP contribution in [0.25, 0.3) is 33.4 Å². The SMILES string of the molecule is Cn1c(=O)c2c(-c3ccc(CCc4ccccc4)cc3)c3c(nc2n(C)c1=O)-c1ccccc1[C@@H]3O. The summed E-state index contributed by atoms with van der Waals surface area (Å²) in [6.07, 6.45) is 0.914. The third-order valence-corrected chi connectivity index (χ3v) is 7.20. The van der Waals surface area contributed by atoms with E-state index in [2.05, 4.69) is 24.3 Å². The Labute approximate surface area is 207 Å². The second-order valence-electron chi connectivity index (χ2n) is 9.33. The number of benzene rings is 3. The fraction of sp³-hybridized carbons (Fsp3) is 0.167. The maximum Gasteiger partial charge on any atom is 0.332 e. The summed E-state index contributed by atoms with van der Waals surface area (Å²) in [4.78, 5) is 30.9. The Bertz CT molecular complexity index is 1750. The number of aryl methyl sites for hydroxylation is 3. The Morgan fingerprint density at radius 2 is 1.44 bits per heavy atom. The molecule has 0 amide bonds. The van der Waals surface area contributed by atoms with E-state index in [0.29, 0.717) is 27.9 Å². The Kier molecular flexibility index (Phi) is 5.20. The summed E-state index contributed by atoms with van der Waals surface area (Å²) < 4.78 is 2.50. The zero-order valence-electron chi connectivity index (χ0n) is 20.1. The lowest BCUT2D eigenvalue weighted by atomic mass is 9.93. The summed E-state index contributed by atoms with van der Waals surface area (Å²) >= 11 is 0. The number of rotatable bonds is 4. The first-order valence-electron chi connectivity index (χ1n) is 12.0. The highest BCUT2D eigenvalue weighted by atomic mass is 16.3. The summed E-state index contributed by atoms with van der Waals surface area (Å²) in [5.41, 5.74) is 6.14. The standard InChI is InChI=1S/C30H25N3O3/c1-32-28-25(29(35)33(2)30(32)36)23(24-26(31-28)21-10-6-7-11-22(21)27(24)34)20-16-14-19(15-17-20)13-12-18-8-4-3-5-9-18/h3-11,14-17,27,34H,12-13H2,1-2H3/t27-/m0/s1. The van der Waals surface area contributed by atoms with E-state index in [0.717, 1.165) is 34.1 Å². The van der Waals surface area contributed by atoms with Gasteiger partial charge in [0.1, 0.15) is 6.10 Å². The third-order valence-electron chi connectivity index (χ3n) is 7.20. The molecule has 0 saturated heterocycles. The second-order valence-corrected chi connectivity index (χ2v) is 9.33. The van der Waals surface area contributed by atoms with E-state index in [1.807, 2.05) is 54.6 Å². The van der Waals surface area contributed by atoms with Gasteiger partial charge in [0.2, 0.25) is 0 Å². The van der Waals surface area contributed by atoms with Gasteiger partial charge in [-0.25, -0.2) is 9.78 Å². The van der Waals surface area contributed by atoms with Crippen molar-refractivity contribution in [3.8, 4) is 22.4 Å². The van der Waals surface area contributed by atoms with Crippen LogP contribution in [0.2, 0.25) is 0 Å². The molecular formula is C30H25N3O3. The number of pyridine rings is 1. The summed E-state index contributed by atoms with van der Waals surface area (Å²) in [7, 11) is 3.09. The highest BCUT2D eigenvalue weighted by Crippen LogP contribution is 2.48. The summed E-state index contributed by atoms with van der Waals surface area (Å²) in [5.74, 6) is 0. The molecule has 0 saturated carbocycles. The molecule has 36 heavy (non-hydrogen) atoms. The maximum atomic E-state index is 13.4. The van der Waals surface area contributed by atoms with Crippen molar-refractivity contribution in [1.82, 2.24) is 14.1 Å². The van der Waals surface area contributed by atoms with Gasteiger partial charge in [-0.05, 0) is 35.1 Å². The van der Waals surface area contributed by atoms with Crippen molar-refractivity contribution in [2.75, 3.05) is 0 Å². The Morgan fingerprint density at radius 3 is 2.17 bits per heavy atom. The van der Waals surface area contributed by atoms with Crippen molar-refractivity contribution in [2.24, 2.45) is 14.1 Å². The monoisotopic (exact) mass is 475 g/mol. The fourth-order valence-corrected chi connectivity index (χ4v) is 5.25. The van der Waals surface area contributed by atoms with Gasteiger partial charge in [-0.1, -0.05) is 78.9 Å². The second kappa shape index (κ2) is 8.43. The van der Waals surface area contributed by atoms with E-state index in [1.165, 1.54) is 22.7 Å². The Hall–Kier alpha value is -4.29. The van der Waals surface area contributed by atoms with Crippen LogP contribution in [0.5, 0.6) is 0 Å². The summed E-state index contributed by atoms with van der Waals surface area (Å²) in [5, 5.41) is 11.7. The number of fused-ring (bicyclic) bond motifs is 4. The van der Waals surface area contributed by atoms with Crippen LogP contribution < -0.4 is 11.2 Å². The number of hydrogen-bond donors (Lipinski definition) is 1. The van der Waals surface area contributed by atoms with E-state index in [1.54, 1.807) is 7.05 Å². The van der Waals surface area contributed by atoms with Gasteiger partial charge in [-0.3, -0.25) is 13.9 Å². The smallest absolute Gasteiger partial charge is 0.332 e. The molecule has 5 aromatic rings. The number of nitrogens with zero attached hydrogens (tertiary/aromatic N) is 3. The first-order valence-corrected chi connectivity index (χ1v) is 12.0. The maximum absolute atomic E-state index is 13.4. The van der Waals surface area contributed by atoms with Crippen LogP contribution in [-0.2, 0) is 26.9 Å². The minimum absolute atomic E-state index is 0.314. The van der Waals surface area contributed by atoms with Gasteiger partial charge in [0.25, 0.3) is 5.56 Å². The average Bonchev–Trinajstić information content (AvgIpc) is 3.21. The van der Waals surface area contributed by atoms with Gasteiger partial charge in [-0.15, -0.1) is 0 Å². The van der Waals surface area contributed by atoms with Crippen molar-refractivity contribution < 1.29 is 5.11 Å². The predicted octanol–water partition coefficient (Wildman–Crippen LogP) is 4.15.